The topological polar surface area (TPSA) is 78.9 Å². The van der Waals surface area contributed by atoms with Crippen molar-refractivity contribution in [2.75, 3.05) is 17.8 Å². The molecule has 1 atom stereocenters. The van der Waals surface area contributed by atoms with E-state index in [2.05, 4.69) is 72.2 Å². The Morgan fingerprint density at radius 3 is 1.83 bits per heavy atom. The molecule has 0 aliphatic rings. The molecule has 1 amide bonds. The van der Waals surface area contributed by atoms with Crippen molar-refractivity contribution in [3.05, 3.63) is 52.1 Å². The Bertz CT molecular complexity index is 1160. The van der Waals surface area contributed by atoms with Crippen molar-refractivity contribution in [2.45, 2.75) is 125 Å². The van der Waals surface area contributed by atoms with Crippen LogP contribution in [0.4, 0.5) is 5.69 Å². The summed E-state index contributed by atoms with van der Waals surface area (Å²) < 4.78 is 22.7. The normalized spacial score (nSPS) is 12.7. The Kier molecular flexibility index (Phi) is 12.8. The van der Waals surface area contributed by atoms with Crippen LogP contribution >= 0.6 is 0 Å². The molecule has 0 heterocycles. The van der Waals surface area contributed by atoms with Crippen molar-refractivity contribution in [1.29, 1.82) is 0 Å². The minimum atomic E-state index is -1.93. The van der Waals surface area contributed by atoms with Gasteiger partial charge in [0.2, 0.25) is 0 Å². The van der Waals surface area contributed by atoms with Crippen LogP contribution in [0.1, 0.15) is 152 Å². The van der Waals surface area contributed by atoms with Gasteiger partial charge in [0.15, 0.2) is 0 Å². The zero-order valence-corrected chi connectivity index (χ0v) is 28.1. The molecule has 0 saturated heterocycles. The predicted molar refractivity (Wildman–Crippen MR) is 174 cm³/mol. The largest absolute Gasteiger partial charge is 0.507 e. The maximum atomic E-state index is 13.7. The Balaban J connectivity index is 2.54. The van der Waals surface area contributed by atoms with E-state index in [9.17, 15) is 14.1 Å². The van der Waals surface area contributed by atoms with Gasteiger partial charge in [-0.25, -0.2) is 0 Å². The van der Waals surface area contributed by atoms with Gasteiger partial charge in [-0.05, 0) is 64.8 Å². The Morgan fingerprint density at radius 1 is 0.902 bits per heavy atom. The van der Waals surface area contributed by atoms with Crippen LogP contribution in [0.25, 0.3) is 0 Å². The molecular formula is C34H54N2O4S. The highest BCUT2D eigenvalue weighted by Crippen LogP contribution is 2.39. The van der Waals surface area contributed by atoms with Crippen LogP contribution in [0.3, 0.4) is 0 Å². The van der Waals surface area contributed by atoms with Crippen LogP contribution in [0.5, 0.6) is 11.5 Å². The summed E-state index contributed by atoms with van der Waals surface area (Å²) in [6.45, 7) is 24.2. The molecule has 0 spiro atoms. The van der Waals surface area contributed by atoms with Crippen molar-refractivity contribution in [3.63, 3.8) is 0 Å². The van der Waals surface area contributed by atoms with E-state index in [4.69, 9.17) is 4.18 Å². The summed E-state index contributed by atoms with van der Waals surface area (Å²) in [6, 6.07) is 7.69. The number of unbranched alkanes of at least 4 members (excludes halogenated alkanes) is 2. The highest BCUT2D eigenvalue weighted by molar-refractivity contribution is 7.82. The number of rotatable bonds is 14. The highest BCUT2D eigenvalue weighted by atomic mass is 32.2. The summed E-state index contributed by atoms with van der Waals surface area (Å²) in [5, 5.41) is 11.3. The summed E-state index contributed by atoms with van der Waals surface area (Å²) in [6.07, 6.45) is 3.73. The average Bonchev–Trinajstić information content (AvgIpc) is 2.88. The number of nitrogens with one attached hydrogen (secondary N) is 1. The van der Waals surface area contributed by atoms with E-state index in [1.807, 2.05) is 25.7 Å². The number of hydrogen-bond donors (Lipinski definition) is 2. The molecule has 2 aromatic carbocycles. The van der Waals surface area contributed by atoms with Gasteiger partial charge in [0.05, 0.1) is 11.3 Å². The second-order valence-electron chi connectivity index (χ2n) is 13.1. The average molecular weight is 587 g/mol. The minimum Gasteiger partial charge on any atom is -0.507 e. The molecular weight excluding hydrogens is 532 g/mol. The second kappa shape index (κ2) is 15.1. The molecule has 230 valence electrons. The van der Waals surface area contributed by atoms with Crippen molar-refractivity contribution < 1.29 is 18.3 Å². The summed E-state index contributed by atoms with van der Waals surface area (Å²) in [5.41, 5.74) is 4.13. The Hall–Kier alpha value is -2.54. The first-order valence-electron chi connectivity index (χ1n) is 15.3. The standard InChI is InChI=1S/C34H54N2O4S/c1-12-14-16-36(17-15-13-2)33(38)29-20-26(21-30(31(29)37)34(9,10)11)35-41(39)40-32-27(23(5)6)18-25(22(3)4)19-28(32)24(7)8/h18-24,35,37H,12-17H2,1-11H3. The van der Waals surface area contributed by atoms with E-state index >= 15 is 0 Å². The van der Waals surface area contributed by atoms with Crippen molar-refractivity contribution >= 4 is 22.9 Å². The van der Waals surface area contributed by atoms with Gasteiger partial charge < -0.3 is 14.2 Å². The zero-order chi connectivity index (χ0) is 31.1. The summed E-state index contributed by atoms with van der Waals surface area (Å²) in [4.78, 5) is 15.6. The molecule has 0 aliphatic carbocycles. The number of phenols is 1. The van der Waals surface area contributed by atoms with Crippen LogP contribution in [0.2, 0.25) is 0 Å². The number of nitrogens with zero attached hydrogens (tertiary/aromatic N) is 1. The summed E-state index contributed by atoms with van der Waals surface area (Å²) in [5.74, 6) is 1.13. The first-order chi connectivity index (χ1) is 19.1. The van der Waals surface area contributed by atoms with Crippen LogP contribution in [-0.2, 0) is 16.7 Å². The van der Waals surface area contributed by atoms with Crippen LogP contribution in [0.15, 0.2) is 24.3 Å². The van der Waals surface area contributed by atoms with E-state index in [1.54, 1.807) is 12.1 Å². The second-order valence-corrected chi connectivity index (χ2v) is 13.9. The van der Waals surface area contributed by atoms with Gasteiger partial charge in [0, 0.05) is 18.7 Å². The van der Waals surface area contributed by atoms with Gasteiger partial charge >= 0.3 is 11.3 Å². The molecule has 2 aromatic rings. The van der Waals surface area contributed by atoms with E-state index in [-0.39, 0.29) is 29.1 Å². The van der Waals surface area contributed by atoms with E-state index in [0.29, 0.717) is 36.0 Å². The fourth-order valence-electron chi connectivity index (χ4n) is 4.79. The molecule has 7 heteroatoms. The predicted octanol–water partition coefficient (Wildman–Crippen LogP) is 9.17. The first-order valence-corrected chi connectivity index (χ1v) is 16.4. The molecule has 0 bridgehead atoms. The fourth-order valence-corrected chi connectivity index (χ4v) is 5.49. The van der Waals surface area contributed by atoms with Gasteiger partial charge in [-0.15, -0.1) is 0 Å². The third-order valence-electron chi connectivity index (χ3n) is 7.44. The molecule has 0 saturated carbocycles. The number of amides is 1. The van der Waals surface area contributed by atoms with Gasteiger partial charge in [-0.2, -0.15) is 4.21 Å². The number of hydrogen-bond acceptors (Lipinski definition) is 4. The van der Waals surface area contributed by atoms with E-state index in [0.717, 1.165) is 36.8 Å². The maximum Gasteiger partial charge on any atom is 0.316 e. The molecule has 41 heavy (non-hydrogen) atoms. The van der Waals surface area contributed by atoms with Crippen LogP contribution < -0.4 is 8.91 Å². The smallest absolute Gasteiger partial charge is 0.316 e. The molecule has 2 rings (SSSR count). The minimum absolute atomic E-state index is 0.0220. The van der Waals surface area contributed by atoms with E-state index < -0.39 is 16.7 Å². The Labute approximate surface area is 252 Å². The molecule has 0 aromatic heterocycles. The SMILES string of the molecule is CCCCN(CCCC)C(=O)c1cc(NS(=O)Oc2c(C(C)C)cc(C(C)C)cc2C(C)C)cc(C(C)(C)C)c1O. The third kappa shape index (κ3) is 9.22. The number of phenolic OH excluding ortho intramolecular Hbond substituents is 1. The van der Waals surface area contributed by atoms with Gasteiger partial charge in [0.1, 0.15) is 11.5 Å². The molecule has 6 nitrogen and oxygen atoms in total. The number of aromatic hydroxyl groups is 1. The molecule has 0 aliphatic heterocycles. The zero-order valence-electron chi connectivity index (χ0n) is 27.3. The number of anilines is 1. The lowest BCUT2D eigenvalue weighted by Crippen LogP contribution is -2.33. The number of carbonyl (C=O) groups is 1. The lowest BCUT2D eigenvalue weighted by molar-refractivity contribution is 0.0747. The fraction of sp³-hybridized carbons (Fsp3) is 0.618. The molecule has 1 unspecified atom stereocenters. The van der Waals surface area contributed by atoms with Crippen molar-refractivity contribution in [1.82, 2.24) is 4.90 Å². The van der Waals surface area contributed by atoms with Crippen LogP contribution in [-0.4, -0.2) is 33.2 Å². The van der Waals surface area contributed by atoms with Gasteiger partial charge in [-0.1, -0.05) is 101 Å². The van der Waals surface area contributed by atoms with Crippen molar-refractivity contribution in [3.8, 4) is 11.5 Å². The lowest BCUT2D eigenvalue weighted by atomic mass is 9.84. The quantitative estimate of drug-likeness (QED) is 0.216. The highest BCUT2D eigenvalue weighted by Gasteiger charge is 2.27. The summed E-state index contributed by atoms with van der Waals surface area (Å²) >= 11 is -1.93. The van der Waals surface area contributed by atoms with Gasteiger partial charge in [-0.3, -0.25) is 9.52 Å². The number of benzene rings is 2. The van der Waals surface area contributed by atoms with Gasteiger partial charge in [0.25, 0.3) is 5.91 Å². The Morgan fingerprint density at radius 2 is 1.41 bits per heavy atom. The monoisotopic (exact) mass is 586 g/mol. The molecule has 2 N–H and O–H groups in total. The molecule has 0 fully saturated rings. The first kappa shape index (κ1) is 34.7. The summed E-state index contributed by atoms with van der Waals surface area (Å²) in [7, 11) is 0. The van der Waals surface area contributed by atoms with Crippen LogP contribution in [0, 0.1) is 0 Å². The van der Waals surface area contributed by atoms with E-state index in [1.165, 1.54) is 5.56 Å². The maximum absolute atomic E-state index is 13.7. The lowest BCUT2D eigenvalue weighted by Gasteiger charge is -2.27. The van der Waals surface area contributed by atoms with Crippen molar-refractivity contribution in [2.24, 2.45) is 0 Å². The third-order valence-corrected chi connectivity index (χ3v) is 8.16. The number of carbonyl (C=O) groups excluding carboxylic acids is 1. The molecule has 0 radical (unpaired) electrons.